The molecule has 0 amide bonds. The summed E-state index contributed by atoms with van der Waals surface area (Å²) in [6.07, 6.45) is 8.89. The minimum absolute atomic E-state index is 0.479. The highest BCUT2D eigenvalue weighted by molar-refractivity contribution is 5.55. The van der Waals surface area contributed by atoms with E-state index in [-0.39, 0.29) is 0 Å². The molecular formula is C19H26N4. The van der Waals surface area contributed by atoms with E-state index in [1.54, 1.807) is 6.20 Å². The zero-order chi connectivity index (χ0) is 16.2. The van der Waals surface area contributed by atoms with E-state index >= 15 is 0 Å². The number of hydrogen-bond acceptors (Lipinski definition) is 4. The van der Waals surface area contributed by atoms with Gasteiger partial charge in [0.15, 0.2) is 0 Å². The van der Waals surface area contributed by atoms with Crippen LogP contribution in [0.15, 0.2) is 36.6 Å². The molecule has 1 aromatic rings. The lowest BCUT2D eigenvalue weighted by atomic mass is 9.91. The van der Waals surface area contributed by atoms with Gasteiger partial charge in [-0.2, -0.15) is 0 Å². The molecule has 0 aromatic heterocycles. The predicted molar refractivity (Wildman–Crippen MR) is 98.4 cm³/mol. The molecular weight excluding hydrogens is 284 g/mol. The second kappa shape index (κ2) is 6.92. The maximum absolute atomic E-state index is 5.91. The smallest absolute Gasteiger partial charge is 0.0510 e. The van der Waals surface area contributed by atoms with Crippen molar-refractivity contribution in [3.63, 3.8) is 0 Å². The number of hydrogen-bond donors (Lipinski definition) is 4. The molecule has 1 aromatic carbocycles. The summed E-state index contributed by atoms with van der Waals surface area (Å²) in [7, 11) is 0. The topological polar surface area (TPSA) is 62.1 Å². The van der Waals surface area contributed by atoms with Crippen LogP contribution in [0.5, 0.6) is 0 Å². The summed E-state index contributed by atoms with van der Waals surface area (Å²) in [5.74, 6) is 0.488. The van der Waals surface area contributed by atoms with Gasteiger partial charge in [-0.15, -0.1) is 0 Å². The Kier molecular flexibility index (Phi) is 4.72. The summed E-state index contributed by atoms with van der Waals surface area (Å²) >= 11 is 0. The molecule has 0 radical (unpaired) electrons. The second-order valence-corrected chi connectivity index (χ2v) is 6.34. The molecule has 0 saturated carbocycles. The Labute approximate surface area is 137 Å². The number of benzene rings is 1. The van der Waals surface area contributed by atoms with Crippen molar-refractivity contribution < 1.29 is 0 Å². The van der Waals surface area contributed by atoms with Crippen LogP contribution in [0.4, 0.5) is 5.69 Å². The first-order chi connectivity index (χ1) is 11.2. The quantitative estimate of drug-likeness (QED) is 0.662. The molecule has 2 aliphatic heterocycles. The van der Waals surface area contributed by atoms with E-state index in [2.05, 4.69) is 47.7 Å². The molecule has 4 heteroatoms. The van der Waals surface area contributed by atoms with Crippen molar-refractivity contribution in [1.82, 2.24) is 10.6 Å². The van der Waals surface area contributed by atoms with Crippen LogP contribution in [-0.4, -0.2) is 25.7 Å². The highest BCUT2D eigenvalue weighted by atomic mass is 15.1. The van der Waals surface area contributed by atoms with Gasteiger partial charge >= 0.3 is 0 Å². The van der Waals surface area contributed by atoms with E-state index in [9.17, 15) is 0 Å². The van der Waals surface area contributed by atoms with E-state index in [0.29, 0.717) is 12.0 Å². The number of allylic oxidation sites excluding steroid dienone is 3. The average Bonchev–Trinajstić information content (AvgIpc) is 2.51. The van der Waals surface area contributed by atoms with Crippen LogP contribution >= 0.6 is 0 Å². The molecule has 122 valence electrons. The summed E-state index contributed by atoms with van der Waals surface area (Å²) in [4.78, 5) is 0. The highest BCUT2D eigenvalue weighted by Crippen LogP contribution is 2.23. The number of nitrogens with one attached hydrogen (secondary N) is 3. The normalized spacial score (nSPS) is 23.0. The molecule has 2 heterocycles. The first-order valence-electron chi connectivity index (χ1n) is 8.27. The van der Waals surface area contributed by atoms with Crippen LogP contribution in [0.3, 0.4) is 0 Å². The summed E-state index contributed by atoms with van der Waals surface area (Å²) in [6, 6.07) is 4.98. The van der Waals surface area contributed by atoms with Crippen LogP contribution in [0.1, 0.15) is 24.8 Å². The maximum atomic E-state index is 5.91. The van der Waals surface area contributed by atoms with Gasteiger partial charge in [0, 0.05) is 48.4 Å². The van der Waals surface area contributed by atoms with Gasteiger partial charge in [-0.1, -0.05) is 30.9 Å². The molecule has 1 atom stereocenters. The minimum Gasteiger partial charge on any atom is -0.404 e. The first kappa shape index (κ1) is 15.7. The third kappa shape index (κ3) is 3.42. The fourth-order valence-corrected chi connectivity index (χ4v) is 3.13. The van der Waals surface area contributed by atoms with E-state index < -0.39 is 0 Å². The lowest BCUT2D eigenvalue weighted by Gasteiger charge is -2.30. The number of anilines is 1. The van der Waals surface area contributed by atoms with Gasteiger partial charge in [0.2, 0.25) is 0 Å². The van der Waals surface area contributed by atoms with Gasteiger partial charge in [-0.3, -0.25) is 0 Å². The molecule has 23 heavy (non-hydrogen) atoms. The van der Waals surface area contributed by atoms with Crippen molar-refractivity contribution >= 4 is 18.0 Å². The predicted octanol–water partition coefficient (Wildman–Crippen LogP) is 0.714. The van der Waals surface area contributed by atoms with Gasteiger partial charge in [-0.25, -0.2) is 0 Å². The van der Waals surface area contributed by atoms with Gasteiger partial charge in [0.05, 0.1) is 6.04 Å². The van der Waals surface area contributed by atoms with Crippen LogP contribution in [0.2, 0.25) is 0 Å². The van der Waals surface area contributed by atoms with E-state index in [4.69, 9.17) is 5.73 Å². The summed E-state index contributed by atoms with van der Waals surface area (Å²) in [6.45, 7) is 8.94. The molecule has 5 N–H and O–H groups in total. The Morgan fingerprint density at radius 3 is 2.70 bits per heavy atom. The van der Waals surface area contributed by atoms with E-state index in [1.165, 1.54) is 11.3 Å². The Bertz CT molecular complexity index is 728. The van der Waals surface area contributed by atoms with Crippen LogP contribution in [0, 0.1) is 0 Å². The lowest BCUT2D eigenvalue weighted by molar-refractivity contribution is 0.472. The van der Waals surface area contributed by atoms with Crippen molar-refractivity contribution in [3.8, 4) is 0 Å². The standard InChI is InChI=1S/C19H26N4/c1-3-4-14-7-16(15-6-5-13(2)22-10-15)8-19(18(14)9-20)23-17-11-21-12-17/h3-5,7-9,15,17,21-23H,1,6,10-12,20H2,2H3/b14-4-,18-9+. The van der Waals surface area contributed by atoms with E-state index in [1.807, 2.05) is 12.2 Å². The summed E-state index contributed by atoms with van der Waals surface area (Å²) in [5.41, 5.74) is 9.64. The molecule has 4 nitrogen and oxygen atoms in total. The highest BCUT2D eigenvalue weighted by Gasteiger charge is 2.19. The van der Waals surface area contributed by atoms with Crippen molar-refractivity contribution in [1.29, 1.82) is 0 Å². The SMILES string of the molecule is C=C/C=c1/cc(C2CC=C(C)NC2)cc(NC2CNC2)/c1=C/N. The summed E-state index contributed by atoms with van der Waals surface area (Å²) < 4.78 is 0. The Balaban J connectivity index is 2.02. The van der Waals surface area contributed by atoms with Crippen molar-refractivity contribution in [2.45, 2.75) is 25.3 Å². The Morgan fingerprint density at radius 2 is 2.13 bits per heavy atom. The summed E-state index contributed by atoms with van der Waals surface area (Å²) in [5, 5.41) is 12.6. The minimum atomic E-state index is 0.479. The third-order valence-corrected chi connectivity index (χ3v) is 4.65. The number of rotatable bonds is 4. The average molecular weight is 310 g/mol. The largest absolute Gasteiger partial charge is 0.404 e. The Hall–Kier alpha value is -2.20. The van der Waals surface area contributed by atoms with Crippen LogP contribution < -0.4 is 32.1 Å². The van der Waals surface area contributed by atoms with Gasteiger partial charge in [-0.05, 0) is 30.2 Å². The molecule has 0 aliphatic carbocycles. The zero-order valence-corrected chi connectivity index (χ0v) is 13.7. The second-order valence-electron chi connectivity index (χ2n) is 6.34. The molecule has 1 unspecified atom stereocenters. The first-order valence-corrected chi connectivity index (χ1v) is 8.27. The van der Waals surface area contributed by atoms with Gasteiger partial charge < -0.3 is 21.7 Å². The van der Waals surface area contributed by atoms with Gasteiger partial charge in [0.1, 0.15) is 0 Å². The zero-order valence-electron chi connectivity index (χ0n) is 13.7. The molecule has 2 aliphatic rings. The maximum Gasteiger partial charge on any atom is 0.0510 e. The third-order valence-electron chi connectivity index (χ3n) is 4.65. The Morgan fingerprint density at radius 1 is 1.30 bits per heavy atom. The van der Waals surface area contributed by atoms with Crippen LogP contribution in [0.25, 0.3) is 12.3 Å². The number of nitrogens with two attached hydrogens (primary N) is 1. The van der Waals surface area contributed by atoms with Crippen molar-refractivity contribution in [2.24, 2.45) is 5.73 Å². The van der Waals surface area contributed by atoms with Gasteiger partial charge in [0.25, 0.3) is 0 Å². The monoisotopic (exact) mass is 310 g/mol. The van der Waals surface area contributed by atoms with E-state index in [0.717, 1.165) is 42.2 Å². The molecule has 0 spiro atoms. The lowest BCUT2D eigenvalue weighted by Crippen LogP contribution is -2.52. The fraction of sp³-hybridized carbons (Fsp3) is 0.368. The van der Waals surface area contributed by atoms with Crippen molar-refractivity contribution in [2.75, 3.05) is 25.0 Å². The molecule has 3 rings (SSSR count). The molecule has 1 fully saturated rings. The molecule has 1 saturated heterocycles. The molecule has 0 bridgehead atoms. The van der Waals surface area contributed by atoms with Crippen LogP contribution in [-0.2, 0) is 0 Å². The van der Waals surface area contributed by atoms with Crippen molar-refractivity contribution in [3.05, 3.63) is 52.6 Å². The fourth-order valence-electron chi connectivity index (χ4n) is 3.13.